The van der Waals surface area contributed by atoms with Gasteiger partial charge in [0.05, 0.1) is 0 Å². The monoisotopic (exact) mass is 388 g/mol. The molecule has 1 N–H and O–H groups in total. The Morgan fingerprint density at radius 3 is 2.04 bits per heavy atom. The fraction of sp³-hybridized carbons (Fsp3) is 0.167. The summed E-state index contributed by atoms with van der Waals surface area (Å²) in [6.07, 6.45) is 0. The van der Waals surface area contributed by atoms with Gasteiger partial charge >= 0.3 is 0 Å². The molecule has 2 amide bonds. The summed E-state index contributed by atoms with van der Waals surface area (Å²) in [5.41, 5.74) is 1.80. The number of rotatable bonds is 5. The van der Waals surface area contributed by atoms with Crippen molar-refractivity contribution in [3.8, 4) is 0 Å². The molecule has 0 unspecified atom stereocenters. The van der Waals surface area contributed by atoms with Crippen LogP contribution in [0, 0.1) is 0 Å². The van der Waals surface area contributed by atoms with Gasteiger partial charge in [-0.3, -0.25) is 14.4 Å². The second-order valence-corrected chi connectivity index (χ2v) is 6.18. The van der Waals surface area contributed by atoms with Crippen LogP contribution in [0.4, 0.5) is 11.4 Å². The van der Waals surface area contributed by atoms with Crippen LogP contribution in [-0.4, -0.2) is 24.1 Å². The maximum Gasteiger partial charge on any atom is 0.244 e. The van der Waals surface area contributed by atoms with E-state index < -0.39 is 0 Å². The van der Waals surface area contributed by atoms with Gasteiger partial charge in [-0.25, -0.2) is 0 Å². The zero-order valence-corrected chi connectivity index (χ0v) is 15.0. The Hall–Kier alpha value is -2.47. The smallest absolute Gasteiger partial charge is 0.244 e. The van der Waals surface area contributed by atoms with E-state index in [1.807, 2.05) is 12.1 Å². The molecule has 0 spiro atoms. The molecule has 6 heteroatoms. The molecular formula is C18H17BrN2O3. The molecule has 124 valence electrons. The lowest BCUT2D eigenvalue weighted by atomic mass is 10.1. The van der Waals surface area contributed by atoms with Crippen molar-refractivity contribution in [2.24, 2.45) is 0 Å². The first-order valence-corrected chi connectivity index (χ1v) is 8.10. The molecule has 2 rings (SSSR count). The summed E-state index contributed by atoms with van der Waals surface area (Å²) in [7, 11) is 0. The van der Waals surface area contributed by atoms with Gasteiger partial charge in [0.1, 0.15) is 6.54 Å². The van der Waals surface area contributed by atoms with Crippen molar-refractivity contribution in [2.45, 2.75) is 13.8 Å². The lowest BCUT2D eigenvalue weighted by Crippen LogP contribution is -2.36. The summed E-state index contributed by atoms with van der Waals surface area (Å²) in [5.74, 6) is -0.575. The molecule has 5 nitrogen and oxygen atoms in total. The van der Waals surface area contributed by atoms with Crippen molar-refractivity contribution in [3.63, 3.8) is 0 Å². The van der Waals surface area contributed by atoms with Gasteiger partial charge in [-0.05, 0) is 55.5 Å². The maximum atomic E-state index is 12.2. The standard InChI is InChI=1S/C18H17BrN2O3/c1-12(22)14-3-7-16(8-4-14)20-18(24)11-21(13(2)23)17-9-5-15(19)6-10-17/h3-10H,11H2,1-2H3,(H,20,24). The number of carbonyl (C=O) groups excluding carboxylic acids is 3. The first kappa shape index (κ1) is 17.9. The fourth-order valence-corrected chi connectivity index (χ4v) is 2.40. The highest BCUT2D eigenvalue weighted by Crippen LogP contribution is 2.19. The van der Waals surface area contributed by atoms with Crippen molar-refractivity contribution >= 4 is 44.9 Å². The quantitative estimate of drug-likeness (QED) is 0.794. The van der Waals surface area contributed by atoms with Gasteiger partial charge in [-0.1, -0.05) is 15.9 Å². The minimum absolute atomic E-state index is 0.0362. The molecule has 0 radical (unpaired) electrons. The van der Waals surface area contributed by atoms with Gasteiger partial charge in [-0.2, -0.15) is 0 Å². The summed E-state index contributed by atoms with van der Waals surface area (Å²) in [4.78, 5) is 36.7. The number of hydrogen-bond donors (Lipinski definition) is 1. The Balaban J connectivity index is 2.06. The molecule has 2 aromatic rings. The van der Waals surface area contributed by atoms with Crippen molar-refractivity contribution in [1.29, 1.82) is 0 Å². The van der Waals surface area contributed by atoms with Gasteiger partial charge in [0.2, 0.25) is 11.8 Å². The Bertz CT molecular complexity index is 755. The summed E-state index contributed by atoms with van der Waals surface area (Å²) in [6, 6.07) is 13.8. The number of hydrogen-bond acceptors (Lipinski definition) is 3. The summed E-state index contributed by atoms with van der Waals surface area (Å²) < 4.78 is 0.893. The predicted octanol–water partition coefficient (Wildman–Crippen LogP) is 3.64. The highest BCUT2D eigenvalue weighted by Gasteiger charge is 2.16. The summed E-state index contributed by atoms with van der Waals surface area (Å²) in [5, 5.41) is 2.72. The number of nitrogens with one attached hydrogen (secondary N) is 1. The molecule has 0 bridgehead atoms. The van der Waals surface area contributed by atoms with Gasteiger partial charge in [0.25, 0.3) is 0 Å². The lowest BCUT2D eigenvalue weighted by molar-refractivity contribution is -0.120. The number of carbonyl (C=O) groups is 3. The second-order valence-electron chi connectivity index (χ2n) is 5.26. The third-order valence-corrected chi connectivity index (χ3v) is 3.92. The van der Waals surface area contributed by atoms with E-state index in [9.17, 15) is 14.4 Å². The van der Waals surface area contributed by atoms with E-state index in [0.29, 0.717) is 16.9 Å². The Labute approximate surface area is 148 Å². The van der Waals surface area contributed by atoms with Crippen LogP contribution < -0.4 is 10.2 Å². The van der Waals surface area contributed by atoms with Crippen LogP contribution in [0.25, 0.3) is 0 Å². The Morgan fingerprint density at radius 2 is 1.54 bits per heavy atom. The number of halogens is 1. The van der Waals surface area contributed by atoms with Crippen LogP contribution in [0.15, 0.2) is 53.0 Å². The van der Waals surface area contributed by atoms with E-state index in [1.54, 1.807) is 36.4 Å². The number of ketones is 1. The topological polar surface area (TPSA) is 66.5 Å². The summed E-state index contributed by atoms with van der Waals surface area (Å²) >= 11 is 3.34. The molecule has 24 heavy (non-hydrogen) atoms. The molecule has 0 heterocycles. The fourth-order valence-electron chi connectivity index (χ4n) is 2.14. The maximum absolute atomic E-state index is 12.2. The zero-order chi connectivity index (χ0) is 17.7. The highest BCUT2D eigenvalue weighted by atomic mass is 79.9. The predicted molar refractivity (Wildman–Crippen MR) is 97.2 cm³/mol. The van der Waals surface area contributed by atoms with E-state index in [2.05, 4.69) is 21.2 Å². The molecule has 0 saturated heterocycles. The Morgan fingerprint density at radius 1 is 0.958 bits per heavy atom. The van der Waals surface area contributed by atoms with Gasteiger partial charge < -0.3 is 10.2 Å². The summed E-state index contributed by atoms with van der Waals surface area (Å²) in [6.45, 7) is 2.80. The SMILES string of the molecule is CC(=O)c1ccc(NC(=O)CN(C(C)=O)c2ccc(Br)cc2)cc1. The van der Waals surface area contributed by atoms with Crippen molar-refractivity contribution < 1.29 is 14.4 Å². The molecule has 0 saturated carbocycles. The van der Waals surface area contributed by atoms with Crippen LogP contribution in [0.3, 0.4) is 0 Å². The third kappa shape index (κ3) is 4.76. The molecule has 0 aromatic heterocycles. The average Bonchev–Trinajstić information content (AvgIpc) is 2.54. The average molecular weight is 389 g/mol. The van der Waals surface area contributed by atoms with Crippen LogP contribution in [0.5, 0.6) is 0 Å². The number of nitrogens with zero attached hydrogens (tertiary/aromatic N) is 1. The third-order valence-electron chi connectivity index (χ3n) is 3.40. The zero-order valence-electron chi connectivity index (χ0n) is 13.4. The van der Waals surface area contributed by atoms with E-state index in [-0.39, 0.29) is 24.1 Å². The van der Waals surface area contributed by atoms with Crippen LogP contribution in [0.2, 0.25) is 0 Å². The molecule has 0 aliphatic carbocycles. The molecule has 0 aliphatic rings. The van der Waals surface area contributed by atoms with Gasteiger partial charge in [0.15, 0.2) is 5.78 Å². The van der Waals surface area contributed by atoms with Crippen molar-refractivity contribution in [2.75, 3.05) is 16.8 Å². The number of benzene rings is 2. The number of anilines is 2. The minimum atomic E-state index is -0.316. The van der Waals surface area contributed by atoms with Gasteiger partial charge in [-0.15, -0.1) is 0 Å². The second kappa shape index (κ2) is 7.88. The van der Waals surface area contributed by atoms with E-state index in [1.165, 1.54) is 18.7 Å². The normalized spacial score (nSPS) is 10.1. The molecule has 0 fully saturated rings. The molecular weight excluding hydrogens is 372 g/mol. The minimum Gasteiger partial charge on any atom is -0.325 e. The van der Waals surface area contributed by atoms with Gasteiger partial charge in [0, 0.05) is 28.3 Å². The molecule has 2 aromatic carbocycles. The largest absolute Gasteiger partial charge is 0.325 e. The highest BCUT2D eigenvalue weighted by molar-refractivity contribution is 9.10. The van der Waals surface area contributed by atoms with Crippen LogP contribution in [0.1, 0.15) is 24.2 Å². The van der Waals surface area contributed by atoms with Crippen LogP contribution >= 0.6 is 15.9 Å². The van der Waals surface area contributed by atoms with Crippen LogP contribution in [-0.2, 0) is 9.59 Å². The first-order valence-electron chi connectivity index (χ1n) is 7.31. The van der Waals surface area contributed by atoms with Crippen molar-refractivity contribution in [3.05, 3.63) is 58.6 Å². The van der Waals surface area contributed by atoms with Crippen molar-refractivity contribution in [1.82, 2.24) is 0 Å². The van der Waals surface area contributed by atoms with E-state index in [4.69, 9.17) is 0 Å². The number of amides is 2. The Kier molecular flexibility index (Phi) is 5.87. The lowest BCUT2D eigenvalue weighted by Gasteiger charge is -2.20. The molecule has 0 aliphatic heterocycles. The van der Waals surface area contributed by atoms with E-state index >= 15 is 0 Å². The number of Topliss-reactive ketones (excluding diaryl/α,β-unsaturated/α-hetero) is 1. The first-order chi connectivity index (χ1) is 11.4. The molecule has 0 atom stereocenters. The van der Waals surface area contributed by atoms with E-state index in [0.717, 1.165) is 4.47 Å².